The van der Waals surface area contributed by atoms with Gasteiger partial charge in [0.2, 0.25) is 0 Å². The fourth-order valence-corrected chi connectivity index (χ4v) is 4.48. The zero-order valence-corrected chi connectivity index (χ0v) is 14.9. The molecule has 1 unspecified atom stereocenters. The van der Waals surface area contributed by atoms with Crippen LogP contribution in [0.1, 0.15) is 22.5 Å². The minimum Gasteiger partial charge on any atom is -0.339 e. The van der Waals surface area contributed by atoms with Gasteiger partial charge in [-0.15, -0.1) is 0 Å². The van der Waals surface area contributed by atoms with Gasteiger partial charge in [-0.3, -0.25) is 4.79 Å². The van der Waals surface area contributed by atoms with Crippen LogP contribution in [0.2, 0.25) is 0 Å². The number of carbonyl (C=O) groups is 1. The van der Waals surface area contributed by atoms with Gasteiger partial charge in [0.15, 0.2) is 9.84 Å². The van der Waals surface area contributed by atoms with E-state index in [4.69, 9.17) is 5.26 Å². The number of benzene rings is 1. The molecule has 0 saturated carbocycles. The predicted molar refractivity (Wildman–Crippen MR) is 95.6 cm³/mol. The normalized spacial score (nSPS) is 18.1. The van der Waals surface area contributed by atoms with Crippen LogP contribution in [0.5, 0.6) is 0 Å². The number of carbonyl (C=O) groups excluding carboxylic acids is 1. The molecule has 1 aliphatic rings. The van der Waals surface area contributed by atoms with E-state index in [1.807, 2.05) is 6.07 Å². The number of amides is 1. The van der Waals surface area contributed by atoms with Crippen molar-refractivity contribution < 1.29 is 13.2 Å². The first-order valence-corrected chi connectivity index (χ1v) is 9.77. The highest BCUT2D eigenvalue weighted by atomic mass is 32.2. The number of nitrogens with zero attached hydrogens (tertiary/aromatic N) is 4. The van der Waals surface area contributed by atoms with E-state index in [1.54, 1.807) is 31.3 Å². The smallest absolute Gasteiger partial charge is 0.274 e. The number of sulfone groups is 1. The SMILES string of the molecule is CN(C(=O)c1cnc(Nc2ccc(C#N)cc2)cn1)C1CCS(=O)(=O)C1. The van der Waals surface area contributed by atoms with Crippen LogP contribution >= 0.6 is 0 Å². The van der Waals surface area contributed by atoms with Crippen LogP contribution in [0.3, 0.4) is 0 Å². The molecule has 8 nitrogen and oxygen atoms in total. The largest absolute Gasteiger partial charge is 0.339 e. The Bertz CT molecular complexity index is 949. The summed E-state index contributed by atoms with van der Waals surface area (Å²) in [7, 11) is -1.48. The van der Waals surface area contributed by atoms with E-state index in [9.17, 15) is 13.2 Å². The summed E-state index contributed by atoms with van der Waals surface area (Å²) in [5.74, 6) is 0.192. The molecule has 1 atom stereocenters. The van der Waals surface area contributed by atoms with E-state index in [-0.39, 0.29) is 29.1 Å². The first-order valence-electron chi connectivity index (χ1n) is 7.95. The Labute approximate surface area is 151 Å². The lowest BCUT2D eigenvalue weighted by molar-refractivity contribution is 0.0741. The van der Waals surface area contributed by atoms with Gasteiger partial charge in [0.1, 0.15) is 11.5 Å². The number of aromatic nitrogens is 2. The fraction of sp³-hybridized carbons (Fsp3) is 0.294. The van der Waals surface area contributed by atoms with Gasteiger partial charge in [-0.2, -0.15) is 5.26 Å². The molecule has 134 valence electrons. The van der Waals surface area contributed by atoms with Crippen molar-refractivity contribution in [1.82, 2.24) is 14.9 Å². The van der Waals surface area contributed by atoms with Gasteiger partial charge in [0.25, 0.3) is 5.91 Å². The fourth-order valence-electron chi connectivity index (χ4n) is 2.71. The molecule has 2 heterocycles. The summed E-state index contributed by atoms with van der Waals surface area (Å²) < 4.78 is 23.1. The molecule has 9 heteroatoms. The Morgan fingerprint density at radius 1 is 1.27 bits per heavy atom. The van der Waals surface area contributed by atoms with Gasteiger partial charge in [0, 0.05) is 18.8 Å². The standard InChI is InChI=1S/C17H17N5O3S/c1-22(14-6-7-26(24,25)11-14)17(23)15-9-20-16(10-19-15)21-13-4-2-12(8-18)3-5-13/h2-5,9-10,14H,6-7,11H2,1H3,(H,20,21). The number of nitriles is 1. The Morgan fingerprint density at radius 3 is 2.54 bits per heavy atom. The molecule has 0 bridgehead atoms. The van der Waals surface area contributed by atoms with E-state index >= 15 is 0 Å². The summed E-state index contributed by atoms with van der Waals surface area (Å²) in [5, 5.41) is 11.8. The average molecular weight is 371 g/mol. The third-order valence-electron chi connectivity index (χ3n) is 4.23. The van der Waals surface area contributed by atoms with E-state index < -0.39 is 9.84 Å². The van der Waals surface area contributed by atoms with Crippen molar-refractivity contribution in [3.05, 3.63) is 47.9 Å². The number of anilines is 2. The van der Waals surface area contributed by atoms with E-state index in [0.29, 0.717) is 17.8 Å². The lowest BCUT2D eigenvalue weighted by Crippen LogP contribution is -2.38. The van der Waals surface area contributed by atoms with Crippen molar-refractivity contribution >= 4 is 27.2 Å². The third-order valence-corrected chi connectivity index (χ3v) is 5.98. The molecule has 1 N–H and O–H groups in total. The topological polar surface area (TPSA) is 116 Å². The Hall–Kier alpha value is -2.99. The zero-order valence-electron chi connectivity index (χ0n) is 14.1. The van der Waals surface area contributed by atoms with Crippen LogP contribution in [0, 0.1) is 11.3 Å². The highest BCUT2D eigenvalue weighted by molar-refractivity contribution is 7.91. The van der Waals surface area contributed by atoms with Gasteiger partial charge in [0.05, 0.1) is 35.5 Å². The third kappa shape index (κ3) is 3.97. The first kappa shape index (κ1) is 17.8. The molecule has 1 aromatic heterocycles. The predicted octanol–water partition coefficient (Wildman–Crippen LogP) is 1.35. The Morgan fingerprint density at radius 2 is 2.00 bits per heavy atom. The van der Waals surface area contributed by atoms with Gasteiger partial charge >= 0.3 is 0 Å². The number of nitrogens with one attached hydrogen (secondary N) is 1. The summed E-state index contributed by atoms with van der Waals surface area (Å²) in [5.41, 5.74) is 1.45. The molecule has 1 aliphatic heterocycles. The quantitative estimate of drug-likeness (QED) is 0.862. The average Bonchev–Trinajstić information content (AvgIpc) is 3.01. The maximum Gasteiger partial charge on any atom is 0.274 e. The highest BCUT2D eigenvalue weighted by Crippen LogP contribution is 2.19. The molecular formula is C17H17N5O3S. The maximum atomic E-state index is 12.5. The number of rotatable bonds is 4. The Kier molecular flexibility index (Phi) is 4.86. The lowest BCUT2D eigenvalue weighted by Gasteiger charge is -2.22. The van der Waals surface area contributed by atoms with Crippen molar-refractivity contribution in [2.24, 2.45) is 0 Å². The van der Waals surface area contributed by atoms with Crippen molar-refractivity contribution in [3.63, 3.8) is 0 Å². The van der Waals surface area contributed by atoms with Crippen LogP contribution in [-0.2, 0) is 9.84 Å². The minimum absolute atomic E-state index is 0.0129. The Balaban J connectivity index is 1.66. The van der Waals surface area contributed by atoms with Gasteiger partial charge in [-0.25, -0.2) is 18.4 Å². The van der Waals surface area contributed by atoms with Crippen LogP contribution in [0.15, 0.2) is 36.7 Å². The van der Waals surface area contributed by atoms with E-state index in [2.05, 4.69) is 15.3 Å². The number of hydrogen-bond donors (Lipinski definition) is 1. The van der Waals surface area contributed by atoms with Crippen LogP contribution < -0.4 is 5.32 Å². The molecule has 1 fully saturated rings. The summed E-state index contributed by atoms with van der Waals surface area (Å²) in [4.78, 5) is 22.2. The minimum atomic E-state index is -3.06. The summed E-state index contributed by atoms with van der Waals surface area (Å²) >= 11 is 0. The second kappa shape index (κ2) is 7.09. The highest BCUT2D eigenvalue weighted by Gasteiger charge is 2.33. The molecular weight excluding hydrogens is 354 g/mol. The van der Waals surface area contributed by atoms with Crippen LogP contribution in [0.25, 0.3) is 0 Å². The van der Waals surface area contributed by atoms with Gasteiger partial charge in [-0.1, -0.05) is 0 Å². The monoisotopic (exact) mass is 371 g/mol. The zero-order chi connectivity index (χ0) is 18.7. The second-order valence-electron chi connectivity index (χ2n) is 6.07. The molecule has 0 aliphatic carbocycles. The maximum absolute atomic E-state index is 12.5. The van der Waals surface area contributed by atoms with Crippen LogP contribution in [0.4, 0.5) is 11.5 Å². The van der Waals surface area contributed by atoms with E-state index in [1.165, 1.54) is 17.3 Å². The summed E-state index contributed by atoms with van der Waals surface area (Å²) in [6, 6.07) is 8.56. The van der Waals surface area contributed by atoms with Crippen molar-refractivity contribution in [3.8, 4) is 6.07 Å². The summed E-state index contributed by atoms with van der Waals surface area (Å²) in [6.45, 7) is 0. The van der Waals surface area contributed by atoms with E-state index in [0.717, 1.165) is 5.69 Å². The van der Waals surface area contributed by atoms with Gasteiger partial charge in [-0.05, 0) is 30.7 Å². The lowest BCUT2D eigenvalue weighted by atomic mass is 10.2. The first-order chi connectivity index (χ1) is 12.4. The van der Waals surface area contributed by atoms with Crippen molar-refractivity contribution in [1.29, 1.82) is 5.26 Å². The van der Waals surface area contributed by atoms with Crippen LogP contribution in [-0.4, -0.2) is 53.8 Å². The molecule has 1 saturated heterocycles. The van der Waals surface area contributed by atoms with Crippen molar-refractivity contribution in [2.75, 3.05) is 23.9 Å². The second-order valence-corrected chi connectivity index (χ2v) is 8.30. The molecule has 1 amide bonds. The number of hydrogen-bond acceptors (Lipinski definition) is 7. The molecule has 26 heavy (non-hydrogen) atoms. The molecule has 2 aromatic rings. The summed E-state index contributed by atoms with van der Waals surface area (Å²) in [6.07, 6.45) is 3.23. The van der Waals surface area contributed by atoms with Crippen molar-refractivity contribution in [2.45, 2.75) is 12.5 Å². The molecule has 0 spiro atoms. The molecule has 3 rings (SSSR count). The molecule has 1 aromatic carbocycles. The van der Waals surface area contributed by atoms with Gasteiger partial charge < -0.3 is 10.2 Å². The molecule has 0 radical (unpaired) electrons.